The molecule has 0 bridgehead atoms. The van der Waals surface area contributed by atoms with Gasteiger partial charge in [-0.25, -0.2) is 4.79 Å². The smallest absolute Gasteiger partial charge is 0.371 e. The van der Waals surface area contributed by atoms with Crippen molar-refractivity contribution in [2.75, 3.05) is 39.4 Å². The molecule has 1 aromatic heterocycles. The van der Waals surface area contributed by atoms with Crippen LogP contribution in [0.2, 0.25) is 0 Å². The highest BCUT2D eigenvalue weighted by Crippen LogP contribution is 2.14. The number of hydrogen-bond donors (Lipinski definition) is 2. The number of furan rings is 1. The van der Waals surface area contributed by atoms with Crippen LogP contribution in [0.4, 0.5) is 0 Å². The number of ether oxygens (including phenoxy) is 1. The number of morpholine rings is 1. The summed E-state index contributed by atoms with van der Waals surface area (Å²) < 4.78 is 10.5. The number of carboxylic acids is 1. The summed E-state index contributed by atoms with van der Waals surface area (Å²) in [5.74, 6) is -0.345. The monoisotopic (exact) mass is 282 g/mol. The standard InChI is InChI=1S/C14H22N2O4/c1-11-12(9-13(20-11)14(17)18)10-15-3-2-4-16-5-7-19-8-6-16/h9,15H,2-8,10H2,1H3,(H,17,18). The Hall–Kier alpha value is -1.37. The van der Waals surface area contributed by atoms with E-state index in [1.165, 1.54) is 0 Å². The summed E-state index contributed by atoms with van der Waals surface area (Å²) in [7, 11) is 0. The molecule has 112 valence electrons. The van der Waals surface area contributed by atoms with Crippen molar-refractivity contribution in [1.82, 2.24) is 10.2 Å². The molecule has 6 heteroatoms. The van der Waals surface area contributed by atoms with Crippen LogP contribution >= 0.6 is 0 Å². The van der Waals surface area contributed by atoms with E-state index in [-0.39, 0.29) is 5.76 Å². The number of hydrogen-bond acceptors (Lipinski definition) is 5. The van der Waals surface area contributed by atoms with E-state index in [1.807, 2.05) is 0 Å². The molecule has 1 aromatic rings. The molecule has 6 nitrogen and oxygen atoms in total. The predicted octanol–water partition coefficient (Wildman–Crippen LogP) is 1.10. The SMILES string of the molecule is Cc1oc(C(=O)O)cc1CNCCCN1CCOCC1. The van der Waals surface area contributed by atoms with Gasteiger partial charge < -0.3 is 19.6 Å². The van der Waals surface area contributed by atoms with E-state index >= 15 is 0 Å². The van der Waals surface area contributed by atoms with Gasteiger partial charge in [0.2, 0.25) is 5.76 Å². The molecule has 1 aliphatic heterocycles. The summed E-state index contributed by atoms with van der Waals surface area (Å²) >= 11 is 0. The first-order chi connectivity index (χ1) is 9.66. The second kappa shape index (κ2) is 7.42. The van der Waals surface area contributed by atoms with Gasteiger partial charge in [-0.1, -0.05) is 0 Å². The summed E-state index contributed by atoms with van der Waals surface area (Å²) in [5, 5.41) is 12.2. The van der Waals surface area contributed by atoms with Crippen molar-refractivity contribution in [2.45, 2.75) is 19.9 Å². The van der Waals surface area contributed by atoms with Crippen molar-refractivity contribution in [3.63, 3.8) is 0 Å². The van der Waals surface area contributed by atoms with Crippen molar-refractivity contribution < 1.29 is 19.1 Å². The maximum Gasteiger partial charge on any atom is 0.371 e. The predicted molar refractivity (Wildman–Crippen MR) is 74.0 cm³/mol. The molecule has 1 saturated heterocycles. The molecule has 0 amide bonds. The number of carbonyl (C=O) groups is 1. The largest absolute Gasteiger partial charge is 0.475 e. The zero-order valence-corrected chi connectivity index (χ0v) is 11.9. The lowest BCUT2D eigenvalue weighted by molar-refractivity contribution is 0.0374. The van der Waals surface area contributed by atoms with Crippen molar-refractivity contribution in [3.8, 4) is 0 Å². The molecular weight excluding hydrogens is 260 g/mol. The lowest BCUT2D eigenvalue weighted by Gasteiger charge is -2.26. The molecule has 1 fully saturated rings. The van der Waals surface area contributed by atoms with E-state index in [4.69, 9.17) is 14.3 Å². The number of aromatic carboxylic acids is 1. The number of nitrogens with one attached hydrogen (secondary N) is 1. The highest BCUT2D eigenvalue weighted by molar-refractivity contribution is 5.84. The molecule has 0 saturated carbocycles. The van der Waals surface area contributed by atoms with Crippen LogP contribution in [0.3, 0.4) is 0 Å². The van der Waals surface area contributed by atoms with Gasteiger partial charge in [-0.2, -0.15) is 0 Å². The van der Waals surface area contributed by atoms with Gasteiger partial charge in [0.25, 0.3) is 0 Å². The lowest BCUT2D eigenvalue weighted by atomic mass is 10.2. The fraction of sp³-hybridized carbons (Fsp3) is 0.643. The first-order valence-electron chi connectivity index (χ1n) is 7.00. The Bertz CT molecular complexity index is 438. The van der Waals surface area contributed by atoms with Crippen LogP contribution in [0, 0.1) is 6.92 Å². The first-order valence-corrected chi connectivity index (χ1v) is 7.00. The minimum absolute atomic E-state index is 0.00705. The molecule has 20 heavy (non-hydrogen) atoms. The maximum atomic E-state index is 10.8. The highest BCUT2D eigenvalue weighted by Gasteiger charge is 2.13. The zero-order valence-electron chi connectivity index (χ0n) is 11.9. The number of rotatable bonds is 7. The van der Waals surface area contributed by atoms with Crippen molar-refractivity contribution in [2.24, 2.45) is 0 Å². The van der Waals surface area contributed by atoms with E-state index < -0.39 is 5.97 Å². The molecular formula is C14H22N2O4. The van der Waals surface area contributed by atoms with E-state index in [0.29, 0.717) is 12.3 Å². The molecule has 1 aliphatic rings. The Balaban J connectivity index is 1.64. The summed E-state index contributed by atoms with van der Waals surface area (Å²) in [6.45, 7) is 8.11. The van der Waals surface area contributed by atoms with Crippen LogP contribution in [0.5, 0.6) is 0 Å². The first kappa shape index (κ1) is 15.0. The van der Waals surface area contributed by atoms with E-state index in [2.05, 4.69) is 10.2 Å². The average molecular weight is 282 g/mol. The molecule has 0 unspecified atom stereocenters. The third kappa shape index (κ3) is 4.33. The van der Waals surface area contributed by atoms with Crippen LogP contribution in [-0.2, 0) is 11.3 Å². The Morgan fingerprint density at radius 3 is 2.85 bits per heavy atom. The summed E-state index contributed by atoms with van der Waals surface area (Å²) in [4.78, 5) is 13.2. The molecule has 0 radical (unpaired) electrons. The minimum atomic E-state index is -1.02. The summed E-state index contributed by atoms with van der Waals surface area (Å²) in [6.07, 6.45) is 1.07. The number of aryl methyl sites for hydroxylation is 1. The van der Waals surface area contributed by atoms with Crippen LogP contribution in [0.15, 0.2) is 10.5 Å². The topological polar surface area (TPSA) is 74.9 Å². The van der Waals surface area contributed by atoms with E-state index in [0.717, 1.165) is 51.4 Å². The van der Waals surface area contributed by atoms with Crippen molar-refractivity contribution in [1.29, 1.82) is 0 Å². The van der Waals surface area contributed by atoms with Gasteiger partial charge in [0.1, 0.15) is 5.76 Å². The zero-order chi connectivity index (χ0) is 14.4. The van der Waals surface area contributed by atoms with Crippen LogP contribution in [0.1, 0.15) is 28.3 Å². The van der Waals surface area contributed by atoms with Gasteiger partial charge in [0, 0.05) is 25.2 Å². The molecule has 2 rings (SSSR count). The summed E-state index contributed by atoms with van der Waals surface area (Å²) in [6, 6.07) is 1.59. The second-order valence-electron chi connectivity index (χ2n) is 4.98. The molecule has 2 N–H and O–H groups in total. The van der Waals surface area contributed by atoms with Crippen molar-refractivity contribution in [3.05, 3.63) is 23.2 Å². The van der Waals surface area contributed by atoms with E-state index in [9.17, 15) is 4.79 Å². The van der Waals surface area contributed by atoms with Crippen LogP contribution in [0.25, 0.3) is 0 Å². The quantitative estimate of drug-likeness (QED) is 0.729. The van der Waals surface area contributed by atoms with Gasteiger partial charge in [0.05, 0.1) is 13.2 Å². The second-order valence-corrected chi connectivity index (χ2v) is 4.98. The molecule has 0 spiro atoms. The normalized spacial score (nSPS) is 16.4. The Morgan fingerprint density at radius 2 is 2.20 bits per heavy atom. The minimum Gasteiger partial charge on any atom is -0.475 e. The maximum absolute atomic E-state index is 10.8. The molecule has 0 atom stereocenters. The van der Waals surface area contributed by atoms with Gasteiger partial charge in [-0.3, -0.25) is 4.90 Å². The Kier molecular flexibility index (Phi) is 5.58. The van der Waals surface area contributed by atoms with Gasteiger partial charge in [-0.15, -0.1) is 0 Å². The highest BCUT2D eigenvalue weighted by atomic mass is 16.5. The fourth-order valence-corrected chi connectivity index (χ4v) is 2.28. The molecule has 0 aromatic carbocycles. The third-order valence-electron chi connectivity index (χ3n) is 3.48. The number of carboxylic acid groups (broad SMARTS) is 1. The average Bonchev–Trinajstić information content (AvgIpc) is 2.81. The van der Waals surface area contributed by atoms with Crippen LogP contribution in [-0.4, -0.2) is 55.4 Å². The Labute approximate surface area is 118 Å². The summed E-state index contributed by atoms with van der Waals surface area (Å²) in [5.41, 5.74) is 0.911. The van der Waals surface area contributed by atoms with Gasteiger partial charge in [0.15, 0.2) is 0 Å². The van der Waals surface area contributed by atoms with Crippen LogP contribution < -0.4 is 5.32 Å². The van der Waals surface area contributed by atoms with Crippen molar-refractivity contribution >= 4 is 5.97 Å². The molecule has 0 aliphatic carbocycles. The lowest BCUT2D eigenvalue weighted by Crippen LogP contribution is -2.37. The molecule has 2 heterocycles. The fourth-order valence-electron chi connectivity index (χ4n) is 2.28. The van der Waals surface area contributed by atoms with Gasteiger partial charge in [-0.05, 0) is 32.5 Å². The number of nitrogens with zero attached hydrogens (tertiary/aromatic N) is 1. The Morgan fingerprint density at radius 1 is 1.45 bits per heavy atom. The van der Waals surface area contributed by atoms with Gasteiger partial charge >= 0.3 is 5.97 Å². The van der Waals surface area contributed by atoms with E-state index in [1.54, 1.807) is 13.0 Å². The third-order valence-corrected chi connectivity index (χ3v) is 3.48.